The van der Waals surface area contributed by atoms with Crippen molar-refractivity contribution in [2.24, 2.45) is 5.92 Å². The van der Waals surface area contributed by atoms with Gasteiger partial charge in [-0.25, -0.2) is 9.59 Å². The lowest BCUT2D eigenvalue weighted by atomic mass is 10.0. The first-order valence-electron chi connectivity index (χ1n) is 16.8. The number of esters is 2. The van der Waals surface area contributed by atoms with Gasteiger partial charge in [0.05, 0.1) is 24.3 Å². The Morgan fingerprint density at radius 3 is 1.66 bits per heavy atom. The summed E-state index contributed by atoms with van der Waals surface area (Å²) in [5.74, 6) is 0.785. The van der Waals surface area contributed by atoms with Crippen LogP contribution in [0.15, 0.2) is 72.8 Å². The molecule has 238 valence electrons. The number of carbonyl (C=O) groups excluding carboxylic acids is 2. The molecule has 1 atom stereocenters. The molecule has 3 aromatic rings. The molecule has 0 aromatic heterocycles. The van der Waals surface area contributed by atoms with Crippen LogP contribution in [0.5, 0.6) is 11.5 Å². The van der Waals surface area contributed by atoms with Crippen molar-refractivity contribution >= 4 is 11.9 Å². The highest BCUT2D eigenvalue weighted by atomic mass is 16.5. The molecule has 0 heterocycles. The molecule has 0 bridgehead atoms. The van der Waals surface area contributed by atoms with Crippen LogP contribution in [0.3, 0.4) is 0 Å². The first kappa shape index (κ1) is 34.9. The molecule has 0 radical (unpaired) electrons. The fourth-order valence-corrected chi connectivity index (χ4v) is 5.10. The van der Waals surface area contributed by atoms with Crippen LogP contribution >= 0.6 is 0 Å². The lowest BCUT2D eigenvalue weighted by Crippen LogP contribution is -2.12. The summed E-state index contributed by atoms with van der Waals surface area (Å²) < 4.78 is 16.9. The highest BCUT2D eigenvalue weighted by molar-refractivity contribution is 5.92. The van der Waals surface area contributed by atoms with Crippen LogP contribution in [-0.4, -0.2) is 25.2 Å². The van der Waals surface area contributed by atoms with E-state index in [-0.39, 0.29) is 5.97 Å². The average Bonchev–Trinajstić information content (AvgIpc) is 3.05. The minimum absolute atomic E-state index is 0.338. The smallest absolute Gasteiger partial charge is 0.343 e. The van der Waals surface area contributed by atoms with Gasteiger partial charge in [0.15, 0.2) is 0 Å². The van der Waals surface area contributed by atoms with Crippen LogP contribution in [-0.2, 0) is 4.74 Å². The zero-order chi connectivity index (χ0) is 31.4. The molecule has 5 heteroatoms. The van der Waals surface area contributed by atoms with E-state index in [1.165, 1.54) is 70.6 Å². The zero-order valence-electron chi connectivity index (χ0n) is 27.2. The Morgan fingerprint density at radius 1 is 0.568 bits per heavy atom. The Hall–Kier alpha value is -3.60. The van der Waals surface area contributed by atoms with Gasteiger partial charge >= 0.3 is 11.9 Å². The number of ether oxygens (including phenoxy) is 3. The Labute approximate surface area is 265 Å². The van der Waals surface area contributed by atoms with E-state index < -0.39 is 5.97 Å². The summed E-state index contributed by atoms with van der Waals surface area (Å²) in [5, 5.41) is 0. The molecule has 3 aromatic carbocycles. The predicted molar refractivity (Wildman–Crippen MR) is 180 cm³/mol. The van der Waals surface area contributed by atoms with Gasteiger partial charge in [-0.05, 0) is 78.4 Å². The second-order valence-electron chi connectivity index (χ2n) is 11.9. The van der Waals surface area contributed by atoms with E-state index in [0.29, 0.717) is 29.4 Å². The van der Waals surface area contributed by atoms with Gasteiger partial charge in [0.1, 0.15) is 11.5 Å². The second-order valence-corrected chi connectivity index (χ2v) is 11.9. The van der Waals surface area contributed by atoms with Crippen LogP contribution in [0.2, 0.25) is 0 Å². The van der Waals surface area contributed by atoms with E-state index >= 15 is 0 Å². The van der Waals surface area contributed by atoms with Crippen LogP contribution in [0, 0.1) is 5.92 Å². The summed E-state index contributed by atoms with van der Waals surface area (Å²) in [6.07, 6.45) is 16.1. The van der Waals surface area contributed by atoms with Crippen molar-refractivity contribution in [2.45, 2.75) is 104 Å². The molecule has 0 amide bonds. The maximum Gasteiger partial charge on any atom is 0.343 e. The van der Waals surface area contributed by atoms with Gasteiger partial charge in [0, 0.05) is 0 Å². The first-order valence-corrected chi connectivity index (χ1v) is 16.8. The van der Waals surface area contributed by atoms with Crippen LogP contribution in [0.1, 0.15) is 125 Å². The maximum absolute atomic E-state index is 12.7. The minimum atomic E-state index is -0.450. The van der Waals surface area contributed by atoms with E-state index in [1.54, 1.807) is 36.4 Å². The highest BCUT2D eigenvalue weighted by Crippen LogP contribution is 2.24. The fraction of sp³-hybridized carbons (Fsp3) is 0.487. The molecule has 0 spiro atoms. The third kappa shape index (κ3) is 13.0. The number of rotatable bonds is 21. The summed E-state index contributed by atoms with van der Waals surface area (Å²) in [5.41, 5.74) is 2.96. The maximum atomic E-state index is 12.7. The number of hydrogen-bond acceptors (Lipinski definition) is 5. The number of carbonyl (C=O) groups is 2. The molecular weight excluding hydrogens is 548 g/mol. The lowest BCUT2D eigenvalue weighted by Gasteiger charge is -2.12. The Balaban J connectivity index is 1.39. The molecule has 0 unspecified atom stereocenters. The van der Waals surface area contributed by atoms with E-state index in [9.17, 15) is 9.59 Å². The highest BCUT2D eigenvalue weighted by Gasteiger charge is 2.13. The number of unbranched alkanes of at least 4 members (excludes halogenated alkanes) is 10. The van der Waals surface area contributed by atoms with Gasteiger partial charge in [-0.15, -0.1) is 0 Å². The standard InChI is InChI=1S/C39H52O5/c1-4-6-8-10-12-14-16-31(3)30-43-38(40)34-23-27-37(28-24-34)44-39(41)35-19-17-32(18-20-35)33-21-25-36(26-22-33)42-29-15-13-11-9-7-5-2/h17-28,31H,4-16,29-30H2,1-3H3/t31-/m0/s1. The first-order chi connectivity index (χ1) is 21.5. The molecule has 0 fully saturated rings. The molecular formula is C39H52O5. The molecule has 0 N–H and O–H groups in total. The Bertz CT molecular complexity index is 1210. The number of benzene rings is 3. The van der Waals surface area contributed by atoms with E-state index in [1.807, 2.05) is 36.4 Å². The van der Waals surface area contributed by atoms with E-state index in [4.69, 9.17) is 14.2 Å². The van der Waals surface area contributed by atoms with Crippen molar-refractivity contribution in [2.75, 3.05) is 13.2 Å². The van der Waals surface area contributed by atoms with Crippen molar-refractivity contribution in [1.82, 2.24) is 0 Å². The summed E-state index contributed by atoms with van der Waals surface area (Å²) >= 11 is 0. The van der Waals surface area contributed by atoms with E-state index in [2.05, 4.69) is 20.8 Å². The molecule has 3 rings (SSSR count). The Morgan fingerprint density at radius 2 is 1.05 bits per heavy atom. The molecule has 0 saturated heterocycles. The average molecular weight is 601 g/mol. The van der Waals surface area contributed by atoms with Crippen molar-refractivity contribution in [1.29, 1.82) is 0 Å². The molecule has 44 heavy (non-hydrogen) atoms. The lowest BCUT2D eigenvalue weighted by molar-refractivity contribution is 0.0442. The van der Waals surface area contributed by atoms with Crippen molar-refractivity contribution in [3.63, 3.8) is 0 Å². The van der Waals surface area contributed by atoms with Gasteiger partial charge in [0.25, 0.3) is 0 Å². The normalized spacial score (nSPS) is 11.6. The van der Waals surface area contributed by atoms with Gasteiger partial charge in [-0.3, -0.25) is 0 Å². The van der Waals surface area contributed by atoms with Crippen LogP contribution < -0.4 is 9.47 Å². The zero-order valence-corrected chi connectivity index (χ0v) is 27.2. The number of hydrogen-bond donors (Lipinski definition) is 0. The quantitative estimate of drug-likeness (QED) is 0.0691. The summed E-state index contributed by atoms with van der Waals surface area (Å²) in [6.45, 7) is 7.74. The molecule has 0 saturated carbocycles. The van der Waals surface area contributed by atoms with Gasteiger partial charge < -0.3 is 14.2 Å². The minimum Gasteiger partial charge on any atom is -0.494 e. The van der Waals surface area contributed by atoms with E-state index in [0.717, 1.165) is 36.3 Å². The molecule has 0 aliphatic rings. The fourth-order valence-electron chi connectivity index (χ4n) is 5.10. The van der Waals surface area contributed by atoms with Crippen LogP contribution in [0.4, 0.5) is 0 Å². The summed E-state index contributed by atoms with van der Waals surface area (Å²) in [6, 6.07) is 21.9. The SMILES string of the molecule is CCCCCCCCOc1ccc(-c2ccc(C(=O)Oc3ccc(C(=O)OC[C@@H](C)CCCCCCCC)cc3)cc2)cc1. The molecule has 5 nitrogen and oxygen atoms in total. The van der Waals surface area contributed by atoms with Gasteiger partial charge in [-0.1, -0.05) is 116 Å². The predicted octanol–water partition coefficient (Wildman–Crippen LogP) is 10.9. The van der Waals surface area contributed by atoms with Crippen molar-refractivity contribution in [3.05, 3.63) is 83.9 Å². The summed E-state index contributed by atoms with van der Waals surface area (Å²) in [7, 11) is 0. The Kier molecular flexibility index (Phi) is 16.2. The van der Waals surface area contributed by atoms with Crippen LogP contribution in [0.25, 0.3) is 11.1 Å². The molecule has 0 aliphatic carbocycles. The topological polar surface area (TPSA) is 61.8 Å². The van der Waals surface area contributed by atoms with Gasteiger partial charge in [-0.2, -0.15) is 0 Å². The molecule has 0 aliphatic heterocycles. The second kappa shape index (κ2) is 20.4. The third-order valence-electron chi connectivity index (χ3n) is 7.92. The third-order valence-corrected chi connectivity index (χ3v) is 7.92. The summed E-state index contributed by atoms with van der Waals surface area (Å²) in [4.78, 5) is 25.2. The largest absolute Gasteiger partial charge is 0.494 e. The van der Waals surface area contributed by atoms with Gasteiger partial charge in [0.2, 0.25) is 0 Å². The van der Waals surface area contributed by atoms with Crippen molar-refractivity contribution in [3.8, 4) is 22.6 Å². The van der Waals surface area contributed by atoms with Crippen molar-refractivity contribution < 1.29 is 23.8 Å². The monoisotopic (exact) mass is 600 g/mol.